The van der Waals surface area contributed by atoms with Gasteiger partial charge in [-0.15, -0.1) is 0 Å². The van der Waals surface area contributed by atoms with Gasteiger partial charge in [0.05, 0.1) is 0 Å². The molecule has 0 radical (unpaired) electrons. The maximum atomic E-state index is 9.86. The van der Waals surface area contributed by atoms with Crippen molar-refractivity contribution in [2.45, 2.75) is 119 Å². The lowest BCUT2D eigenvalue weighted by Crippen LogP contribution is -2.15. The number of aromatic hydroxyl groups is 2. The molecule has 0 aromatic heterocycles. The van der Waals surface area contributed by atoms with Crippen molar-refractivity contribution in [3.05, 3.63) is 57.6 Å². The minimum atomic E-state index is 0.0147. The Labute approximate surface area is 221 Å². The van der Waals surface area contributed by atoms with Gasteiger partial charge >= 0.3 is 0 Å². The van der Waals surface area contributed by atoms with E-state index in [0.717, 1.165) is 22.3 Å². The number of benzene rings is 2. The van der Waals surface area contributed by atoms with Crippen molar-refractivity contribution in [1.82, 2.24) is 0 Å². The number of hydrogen-bond donors (Lipinski definition) is 2. The average molecular weight is 493 g/mol. The lowest BCUT2D eigenvalue weighted by Gasteiger charge is -2.23. The van der Waals surface area contributed by atoms with Gasteiger partial charge in [-0.05, 0) is 117 Å². The van der Waals surface area contributed by atoms with Crippen LogP contribution >= 0.6 is 0 Å². The van der Waals surface area contributed by atoms with Gasteiger partial charge in [-0.25, -0.2) is 0 Å². The summed E-state index contributed by atoms with van der Waals surface area (Å²) in [7, 11) is 0. The number of fused-ring (bicyclic) bond motifs is 5. The SMILES string of the molecule is C1CC2C3CCC(C3)C2C1.Cc1cc(C)c(O)c(C(C)(C)C)c1.Cc1cc(C)c(O)c(C(C)(C)C)c1. The molecule has 2 nitrogen and oxygen atoms in total. The number of phenolic OH excluding ortho intramolecular Hbond substituents is 2. The summed E-state index contributed by atoms with van der Waals surface area (Å²) in [5.41, 5.74) is 6.44. The third kappa shape index (κ3) is 6.48. The first-order valence-corrected chi connectivity index (χ1v) is 14.2. The summed E-state index contributed by atoms with van der Waals surface area (Å²) in [4.78, 5) is 0. The Morgan fingerprint density at radius 2 is 0.944 bits per heavy atom. The molecule has 2 N–H and O–H groups in total. The fourth-order valence-corrected chi connectivity index (χ4v) is 7.08. The number of phenols is 2. The van der Waals surface area contributed by atoms with E-state index in [0.29, 0.717) is 11.5 Å². The van der Waals surface area contributed by atoms with Crippen LogP contribution in [0.3, 0.4) is 0 Å². The fourth-order valence-electron chi connectivity index (χ4n) is 7.08. The third-order valence-electron chi connectivity index (χ3n) is 8.86. The molecule has 0 spiro atoms. The standard InChI is InChI=1S/2C12H18O.C10H16/c2*1-8-6-9(2)11(13)10(7-8)12(3,4)5;1-2-9-7-4-5-8(6-7)10(9)3-1/h2*6-7,13H,1-5H3;7-10H,1-6H2. The Morgan fingerprint density at radius 1 is 0.583 bits per heavy atom. The predicted octanol–water partition coefficient (Wildman–Crippen LogP) is 9.45. The van der Waals surface area contributed by atoms with Crippen LogP contribution in [0.15, 0.2) is 24.3 Å². The molecule has 200 valence electrons. The summed E-state index contributed by atoms with van der Waals surface area (Å²) in [5, 5.41) is 19.7. The van der Waals surface area contributed by atoms with Crippen LogP contribution in [-0.4, -0.2) is 10.2 Å². The lowest BCUT2D eigenvalue weighted by molar-refractivity contribution is 0.259. The molecule has 36 heavy (non-hydrogen) atoms. The van der Waals surface area contributed by atoms with Crippen LogP contribution in [0.4, 0.5) is 0 Å². The van der Waals surface area contributed by atoms with E-state index in [1.165, 1.54) is 34.8 Å². The van der Waals surface area contributed by atoms with Gasteiger partial charge in [-0.3, -0.25) is 0 Å². The third-order valence-corrected chi connectivity index (χ3v) is 8.86. The highest BCUT2D eigenvalue weighted by Crippen LogP contribution is 2.58. The maximum absolute atomic E-state index is 9.86. The molecular weight excluding hydrogens is 440 g/mol. The molecule has 3 saturated carbocycles. The van der Waals surface area contributed by atoms with E-state index in [2.05, 4.69) is 67.5 Å². The highest BCUT2D eigenvalue weighted by atomic mass is 16.3. The topological polar surface area (TPSA) is 40.5 Å². The second-order valence-electron chi connectivity index (χ2n) is 14.0. The van der Waals surface area contributed by atoms with Crippen molar-refractivity contribution in [3.8, 4) is 11.5 Å². The van der Waals surface area contributed by atoms with Crippen LogP contribution in [0.25, 0.3) is 0 Å². The van der Waals surface area contributed by atoms with E-state index in [-0.39, 0.29) is 10.8 Å². The van der Waals surface area contributed by atoms with Crippen LogP contribution < -0.4 is 0 Å². The molecule has 0 aliphatic heterocycles. The molecule has 0 heterocycles. The van der Waals surface area contributed by atoms with Crippen LogP contribution in [0.5, 0.6) is 11.5 Å². The summed E-state index contributed by atoms with van der Waals surface area (Å²) in [5.74, 6) is 5.68. The Morgan fingerprint density at radius 3 is 1.28 bits per heavy atom. The van der Waals surface area contributed by atoms with Gasteiger partial charge in [0, 0.05) is 0 Å². The van der Waals surface area contributed by atoms with Gasteiger partial charge in [-0.2, -0.15) is 0 Å². The zero-order valence-electron chi connectivity index (χ0n) is 24.8. The molecule has 0 saturated heterocycles. The van der Waals surface area contributed by atoms with Crippen LogP contribution in [-0.2, 0) is 10.8 Å². The van der Waals surface area contributed by atoms with Crippen LogP contribution in [0.2, 0.25) is 0 Å². The molecule has 2 bridgehead atoms. The zero-order chi connectivity index (χ0) is 27.0. The fraction of sp³-hybridized carbons (Fsp3) is 0.647. The van der Waals surface area contributed by atoms with Gasteiger partial charge in [0.1, 0.15) is 11.5 Å². The van der Waals surface area contributed by atoms with Crippen molar-refractivity contribution in [3.63, 3.8) is 0 Å². The molecule has 2 aromatic rings. The van der Waals surface area contributed by atoms with E-state index >= 15 is 0 Å². The van der Waals surface area contributed by atoms with Crippen molar-refractivity contribution < 1.29 is 10.2 Å². The largest absolute Gasteiger partial charge is 0.507 e. The van der Waals surface area contributed by atoms with Gasteiger partial charge < -0.3 is 10.2 Å². The summed E-state index contributed by atoms with van der Waals surface area (Å²) in [6.45, 7) is 20.7. The summed E-state index contributed by atoms with van der Waals surface area (Å²) in [6.07, 6.45) is 9.53. The number of hydrogen-bond acceptors (Lipinski definition) is 2. The maximum Gasteiger partial charge on any atom is 0.122 e. The molecule has 0 amide bonds. The van der Waals surface area contributed by atoms with Gasteiger partial charge in [0.15, 0.2) is 0 Å². The second kappa shape index (κ2) is 10.8. The van der Waals surface area contributed by atoms with E-state index < -0.39 is 0 Å². The van der Waals surface area contributed by atoms with Crippen molar-refractivity contribution in [1.29, 1.82) is 0 Å². The Hall–Kier alpha value is -1.96. The molecule has 3 aliphatic carbocycles. The molecule has 3 aliphatic rings. The normalized spacial score (nSPS) is 24.5. The number of rotatable bonds is 0. The quantitative estimate of drug-likeness (QED) is 0.384. The summed E-state index contributed by atoms with van der Waals surface area (Å²) in [6, 6.07) is 8.12. The van der Waals surface area contributed by atoms with E-state index in [1.54, 1.807) is 38.5 Å². The Kier molecular flexibility index (Phi) is 8.58. The first-order valence-electron chi connectivity index (χ1n) is 14.2. The molecule has 4 atom stereocenters. The molecule has 2 heteroatoms. The van der Waals surface area contributed by atoms with Gasteiger partial charge in [0.2, 0.25) is 0 Å². The van der Waals surface area contributed by atoms with E-state index in [9.17, 15) is 10.2 Å². The smallest absolute Gasteiger partial charge is 0.122 e. The molecule has 3 fully saturated rings. The first kappa shape index (κ1) is 28.6. The van der Waals surface area contributed by atoms with Gasteiger partial charge in [0.25, 0.3) is 0 Å². The Balaban J connectivity index is 0.000000151. The Bertz CT molecular complexity index is 967. The summed E-state index contributed by atoms with van der Waals surface area (Å²) >= 11 is 0. The van der Waals surface area contributed by atoms with Crippen molar-refractivity contribution in [2.75, 3.05) is 0 Å². The highest BCUT2D eigenvalue weighted by molar-refractivity contribution is 5.46. The van der Waals surface area contributed by atoms with Crippen LogP contribution in [0, 0.1) is 51.4 Å². The van der Waals surface area contributed by atoms with E-state index in [4.69, 9.17) is 0 Å². The van der Waals surface area contributed by atoms with Crippen LogP contribution in [0.1, 0.15) is 113 Å². The zero-order valence-corrected chi connectivity index (χ0v) is 24.8. The molecular formula is C34H52O2. The molecule has 2 aromatic carbocycles. The first-order chi connectivity index (χ1) is 16.6. The molecule has 4 unspecified atom stereocenters. The second-order valence-corrected chi connectivity index (χ2v) is 14.0. The minimum Gasteiger partial charge on any atom is -0.507 e. The summed E-state index contributed by atoms with van der Waals surface area (Å²) < 4.78 is 0. The monoisotopic (exact) mass is 492 g/mol. The molecule has 5 rings (SSSR count). The average Bonchev–Trinajstić information content (AvgIpc) is 3.48. The predicted molar refractivity (Wildman–Crippen MR) is 154 cm³/mol. The number of aryl methyl sites for hydroxylation is 4. The van der Waals surface area contributed by atoms with Crippen molar-refractivity contribution >= 4 is 0 Å². The van der Waals surface area contributed by atoms with Gasteiger partial charge in [-0.1, -0.05) is 83.4 Å². The highest BCUT2D eigenvalue weighted by Gasteiger charge is 2.48. The minimum absolute atomic E-state index is 0.0147. The van der Waals surface area contributed by atoms with Crippen molar-refractivity contribution in [2.24, 2.45) is 23.7 Å². The van der Waals surface area contributed by atoms with E-state index in [1.807, 2.05) is 26.0 Å². The lowest BCUT2D eigenvalue weighted by atomic mass is 9.82.